The van der Waals surface area contributed by atoms with E-state index in [1.165, 1.54) is 0 Å². The molecule has 2 aliphatic heterocycles. The van der Waals surface area contributed by atoms with E-state index in [-0.39, 0.29) is 6.61 Å². The highest BCUT2D eigenvalue weighted by Crippen LogP contribution is 2.39. The third-order valence-electron chi connectivity index (χ3n) is 5.60. The Morgan fingerprint density at radius 1 is 0.968 bits per heavy atom. The molecule has 2 unspecified atom stereocenters. The number of aliphatic hydroxyl groups is 1. The number of azide groups is 1. The number of rotatable bonds is 4. The topological polar surface area (TPSA) is 106 Å². The zero-order chi connectivity index (χ0) is 21.2. The molecule has 31 heavy (non-hydrogen) atoms. The van der Waals surface area contributed by atoms with Gasteiger partial charge in [0.05, 0.1) is 6.61 Å². The van der Waals surface area contributed by atoms with Crippen molar-refractivity contribution in [3.63, 3.8) is 0 Å². The molecule has 2 aliphatic carbocycles. The summed E-state index contributed by atoms with van der Waals surface area (Å²) in [5, 5.41) is 14.3. The second kappa shape index (κ2) is 8.55. The lowest BCUT2D eigenvalue weighted by atomic mass is 9.96. The summed E-state index contributed by atoms with van der Waals surface area (Å²) in [6, 6.07) is 22.2. The maximum atomic E-state index is 10.5. The van der Waals surface area contributed by atoms with E-state index in [4.69, 9.17) is 24.5 Å². The quantitative estimate of drug-likeness (QED) is 0.390. The molecule has 5 rings (SSSR count). The number of benzene rings is 1. The van der Waals surface area contributed by atoms with E-state index in [0.717, 1.165) is 16.7 Å². The van der Waals surface area contributed by atoms with E-state index < -0.39 is 36.9 Å². The first kappa shape index (κ1) is 19.8. The van der Waals surface area contributed by atoms with Crippen LogP contribution in [0.1, 0.15) is 11.9 Å². The van der Waals surface area contributed by atoms with Gasteiger partial charge in [-0.25, -0.2) is 0 Å². The Balaban J connectivity index is 1.48. The molecule has 0 bridgehead atoms. The van der Waals surface area contributed by atoms with Gasteiger partial charge in [-0.2, -0.15) is 0 Å². The van der Waals surface area contributed by atoms with Crippen LogP contribution in [0, 0.1) is 0 Å². The largest absolute Gasteiger partial charge is 0.486 e. The highest BCUT2D eigenvalue weighted by Gasteiger charge is 2.51. The summed E-state index contributed by atoms with van der Waals surface area (Å²) in [4.78, 5) is 2.89. The van der Waals surface area contributed by atoms with Crippen molar-refractivity contribution in [3.8, 4) is 16.9 Å². The number of aliphatic hydroxyl groups excluding tert-OH is 1. The molecule has 0 amide bonds. The Labute approximate surface area is 178 Å². The molecule has 1 N–H and O–H groups in total. The standard InChI is InChI=1S/C23H21N3O5/c24-26-25-19-21(29-17-12-11-14-7-3-2-6-10-16(14)17)20-18(30-22(19)27)13-28-23(31-20)15-8-4-1-5-9-15/h1-12,18-23,27H,13H2/t18-,19-,20-,21-,22?,23?/m1/s1. The number of fused-ring (bicyclic) bond motifs is 2. The molecule has 0 saturated carbocycles. The number of hydrogen-bond donors (Lipinski definition) is 1. The molecule has 0 aromatic heterocycles. The minimum Gasteiger partial charge on any atom is -0.486 e. The Morgan fingerprint density at radius 2 is 1.74 bits per heavy atom. The molecule has 158 valence electrons. The van der Waals surface area contributed by atoms with E-state index in [1.54, 1.807) is 0 Å². The van der Waals surface area contributed by atoms with E-state index in [1.807, 2.05) is 72.8 Å². The van der Waals surface area contributed by atoms with Crippen molar-refractivity contribution in [3.05, 3.63) is 88.8 Å². The van der Waals surface area contributed by atoms with Crippen LogP contribution in [0.3, 0.4) is 0 Å². The van der Waals surface area contributed by atoms with Crippen molar-refractivity contribution in [1.82, 2.24) is 0 Å². The highest BCUT2D eigenvalue weighted by atomic mass is 16.7. The van der Waals surface area contributed by atoms with Gasteiger partial charge in [-0.3, -0.25) is 0 Å². The Bertz CT molecular complexity index is 1060. The maximum absolute atomic E-state index is 10.5. The predicted octanol–water partition coefficient (Wildman–Crippen LogP) is 4.05. The van der Waals surface area contributed by atoms with E-state index >= 15 is 0 Å². The lowest BCUT2D eigenvalue weighted by Gasteiger charge is -2.47. The maximum Gasteiger partial charge on any atom is 0.184 e. The molecular weight excluding hydrogens is 398 g/mol. The molecular formula is C23H21N3O5. The van der Waals surface area contributed by atoms with Gasteiger partial charge < -0.3 is 24.1 Å². The van der Waals surface area contributed by atoms with Crippen LogP contribution in [-0.2, 0) is 14.2 Å². The first-order valence-electron chi connectivity index (χ1n) is 10.1. The molecule has 4 aliphatic rings. The number of hydrogen-bond acceptors (Lipinski definition) is 6. The minimum atomic E-state index is -1.33. The smallest absolute Gasteiger partial charge is 0.184 e. The highest BCUT2D eigenvalue weighted by molar-refractivity contribution is 5.73. The van der Waals surface area contributed by atoms with Crippen LogP contribution in [0.5, 0.6) is 5.75 Å². The van der Waals surface area contributed by atoms with Crippen LogP contribution in [0.2, 0.25) is 0 Å². The third-order valence-corrected chi connectivity index (χ3v) is 5.60. The molecule has 2 heterocycles. The summed E-state index contributed by atoms with van der Waals surface area (Å²) >= 11 is 0. The van der Waals surface area contributed by atoms with Crippen LogP contribution in [0.15, 0.2) is 77.9 Å². The lowest BCUT2D eigenvalue weighted by Crippen LogP contribution is -2.62. The summed E-state index contributed by atoms with van der Waals surface area (Å²) < 4.78 is 24.1. The molecule has 2 fully saturated rings. The van der Waals surface area contributed by atoms with E-state index in [0.29, 0.717) is 5.75 Å². The van der Waals surface area contributed by atoms with Gasteiger partial charge in [0.15, 0.2) is 12.6 Å². The van der Waals surface area contributed by atoms with Gasteiger partial charge in [0.1, 0.15) is 30.1 Å². The summed E-state index contributed by atoms with van der Waals surface area (Å²) in [5.41, 5.74) is 11.9. The van der Waals surface area contributed by atoms with Crippen molar-refractivity contribution in [2.45, 2.75) is 36.9 Å². The van der Waals surface area contributed by atoms with Crippen LogP contribution in [0.25, 0.3) is 21.6 Å². The molecule has 0 radical (unpaired) electrons. The Kier molecular flexibility index (Phi) is 5.46. The first-order valence-corrected chi connectivity index (χ1v) is 10.1. The van der Waals surface area contributed by atoms with Crippen LogP contribution < -0.4 is 4.74 Å². The zero-order valence-corrected chi connectivity index (χ0v) is 16.5. The molecule has 2 saturated heterocycles. The van der Waals surface area contributed by atoms with Crippen LogP contribution in [-0.4, -0.2) is 42.4 Å². The Hall–Kier alpha value is -3.13. The summed E-state index contributed by atoms with van der Waals surface area (Å²) in [7, 11) is 0. The van der Waals surface area contributed by atoms with E-state index in [2.05, 4.69) is 10.0 Å². The van der Waals surface area contributed by atoms with Crippen LogP contribution in [0.4, 0.5) is 0 Å². The predicted molar refractivity (Wildman–Crippen MR) is 111 cm³/mol. The van der Waals surface area contributed by atoms with Gasteiger partial charge in [-0.1, -0.05) is 71.8 Å². The minimum absolute atomic E-state index is 0.209. The summed E-state index contributed by atoms with van der Waals surface area (Å²) in [6.07, 6.45) is -3.90. The van der Waals surface area contributed by atoms with Crippen molar-refractivity contribution in [2.75, 3.05) is 6.61 Å². The van der Waals surface area contributed by atoms with Crippen LogP contribution >= 0.6 is 0 Å². The molecule has 1 aromatic rings. The van der Waals surface area contributed by atoms with Gasteiger partial charge in [-0.05, 0) is 17.2 Å². The van der Waals surface area contributed by atoms with Crippen molar-refractivity contribution in [2.24, 2.45) is 5.11 Å². The van der Waals surface area contributed by atoms with Gasteiger partial charge in [0.25, 0.3) is 0 Å². The van der Waals surface area contributed by atoms with Crippen molar-refractivity contribution < 1.29 is 24.1 Å². The van der Waals surface area contributed by atoms with Gasteiger partial charge in [0, 0.05) is 16.0 Å². The molecule has 8 nitrogen and oxygen atoms in total. The fraction of sp³-hybridized carbons (Fsp3) is 0.304. The molecule has 1 aromatic carbocycles. The SMILES string of the molecule is [N-]=[N+]=N[C@H]1C(O)O[C@@H]2COC(c3ccccc3)O[C@H]2[C@@H]1Oc1ccc2cccccc1-2. The fourth-order valence-electron chi connectivity index (χ4n) is 4.11. The average Bonchev–Trinajstić information content (AvgIpc) is 3.02. The number of nitrogens with zero attached hydrogens (tertiary/aromatic N) is 3. The van der Waals surface area contributed by atoms with Crippen molar-refractivity contribution in [1.29, 1.82) is 0 Å². The summed E-state index contributed by atoms with van der Waals surface area (Å²) in [6.45, 7) is 0.209. The summed E-state index contributed by atoms with van der Waals surface area (Å²) in [5.74, 6) is 0.619. The van der Waals surface area contributed by atoms with E-state index in [9.17, 15) is 5.11 Å². The third kappa shape index (κ3) is 3.83. The molecule has 6 atom stereocenters. The normalized spacial score (nSPS) is 30.2. The van der Waals surface area contributed by atoms with Gasteiger partial charge in [-0.15, -0.1) is 0 Å². The first-order chi connectivity index (χ1) is 15.2. The molecule has 8 heteroatoms. The zero-order valence-electron chi connectivity index (χ0n) is 16.5. The Morgan fingerprint density at radius 3 is 2.55 bits per heavy atom. The lowest BCUT2D eigenvalue weighted by molar-refractivity contribution is -0.332. The monoisotopic (exact) mass is 419 g/mol. The van der Waals surface area contributed by atoms with Crippen molar-refractivity contribution >= 4 is 0 Å². The van der Waals surface area contributed by atoms with Gasteiger partial charge in [0.2, 0.25) is 0 Å². The fourth-order valence-corrected chi connectivity index (χ4v) is 4.11. The second-order valence-electron chi connectivity index (χ2n) is 7.50. The second-order valence-corrected chi connectivity index (χ2v) is 7.50. The molecule has 0 spiro atoms. The number of ether oxygens (including phenoxy) is 4. The average molecular weight is 419 g/mol. The van der Waals surface area contributed by atoms with Gasteiger partial charge >= 0.3 is 0 Å².